The predicted molar refractivity (Wildman–Crippen MR) is 68.4 cm³/mol. The van der Waals surface area contributed by atoms with Crippen LogP contribution in [0.3, 0.4) is 0 Å². The number of rotatable bonds is 5. The van der Waals surface area contributed by atoms with E-state index in [1.807, 2.05) is 6.07 Å². The van der Waals surface area contributed by atoms with Crippen molar-refractivity contribution in [3.05, 3.63) is 29.6 Å². The van der Waals surface area contributed by atoms with E-state index in [0.29, 0.717) is 11.6 Å². The zero-order valence-electron chi connectivity index (χ0n) is 10.7. The van der Waals surface area contributed by atoms with Crippen molar-refractivity contribution in [2.45, 2.75) is 25.2 Å². The van der Waals surface area contributed by atoms with Crippen LogP contribution in [-0.4, -0.2) is 25.2 Å². The largest absolute Gasteiger partial charge is 0.481 e. The SMILES string of the molecule is CN(C)c1c(F)cccc1C(CC(=O)O)C1CC1. The molecule has 3 nitrogen and oxygen atoms in total. The molecule has 0 bridgehead atoms. The van der Waals surface area contributed by atoms with Crippen LogP contribution in [0.2, 0.25) is 0 Å². The highest BCUT2D eigenvalue weighted by Crippen LogP contribution is 2.47. The summed E-state index contributed by atoms with van der Waals surface area (Å²) in [5.74, 6) is -0.786. The zero-order valence-corrected chi connectivity index (χ0v) is 10.7. The minimum atomic E-state index is -0.819. The topological polar surface area (TPSA) is 40.5 Å². The average molecular weight is 251 g/mol. The monoisotopic (exact) mass is 251 g/mol. The molecule has 0 heterocycles. The summed E-state index contributed by atoms with van der Waals surface area (Å²) in [6.07, 6.45) is 2.16. The van der Waals surface area contributed by atoms with Crippen molar-refractivity contribution >= 4 is 11.7 Å². The van der Waals surface area contributed by atoms with Gasteiger partial charge >= 0.3 is 5.97 Å². The van der Waals surface area contributed by atoms with Crippen molar-refractivity contribution in [2.24, 2.45) is 5.92 Å². The molecule has 1 saturated carbocycles. The summed E-state index contributed by atoms with van der Waals surface area (Å²) in [6, 6.07) is 4.93. The molecule has 1 fully saturated rings. The van der Waals surface area contributed by atoms with Crippen molar-refractivity contribution in [3.63, 3.8) is 0 Å². The molecule has 0 radical (unpaired) electrons. The number of hydrogen-bond acceptors (Lipinski definition) is 2. The van der Waals surface area contributed by atoms with Crippen molar-refractivity contribution in [3.8, 4) is 0 Å². The number of para-hydroxylation sites is 1. The Labute approximate surface area is 106 Å². The summed E-state index contributed by atoms with van der Waals surface area (Å²) in [6.45, 7) is 0. The quantitative estimate of drug-likeness (QED) is 0.874. The maximum absolute atomic E-state index is 13.9. The normalized spacial score (nSPS) is 16.4. The second-order valence-corrected chi connectivity index (χ2v) is 5.11. The second-order valence-electron chi connectivity index (χ2n) is 5.11. The summed E-state index contributed by atoms with van der Waals surface area (Å²) >= 11 is 0. The van der Waals surface area contributed by atoms with Crippen molar-refractivity contribution in [1.29, 1.82) is 0 Å². The molecular formula is C14H18FNO2. The lowest BCUT2D eigenvalue weighted by molar-refractivity contribution is -0.137. The molecule has 4 heteroatoms. The van der Waals surface area contributed by atoms with Gasteiger partial charge in [-0.25, -0.2) is 4.39 Å². The fourth-order valence-electron chi connectivity index (χ4n) is 2.52. The molecule has 0 amide bonds. The van der Waals surface area contributed by atoms with Crippen LogP contribution in [0.25, 0.3) is 0 Å². The number of anilines is 1. The first-order valence-corrected chi connectivity index (χ1v) is 6.18. The first-order chi connectivity index (χ1) is 8.50. The lowest BCUT2D eigenvalue weighted by Crippen LogP contribution is -2.17. The Bertz CT molecular complexity index is 455. The summed E-state index contributed by atoms with van der Waals surface area (Å²) in [4.78, 5) is 12.7. The highest BCUT2D eigenvalue weighted by Gasteiger charge is 2.35. The third kappa shape index (κ3) is 2.63. The smallest absolute Gasteiger partial charge is 0.303 e. The molecule has 0 aliphatic heterocycles. The fourth-order valence-corrected chi connectivity index (χ4v) is 2.52. The number of carboxylic acid groups (broad SMARTS) is 1. The average Bonchev–Trinajstić information content (AvgIpc) is 3.08. The Morgan fingerprint density at radius 3 is 2.67 bits per heavy atom. The van der Waals surface area contributed by atoms with Crippen molar-refractivity contribution < 1.29 is 14.3 Å². The molecular weight excluding hydrogens is 233 g/mol. The summed E-state index contributed by atoms with van der Waals surface area (Å²) in [5, 5.41) is 9.01. The van der Waals surface area contributed by atoms with Crippen molar-refractivity contribution in [2.75, 3.05) is 19.0 Å². The molecule has 1 N–H and O–H groups in total. The Morgan fingerprint density at radius 2 is 2.17 bits per heavy atom. The van der Waals surface area contributed by atoms with E-state index in [-0.39, 0.29) is 18.2 Å². The van der Waals surface area contributed by atoms with Crippen LogP contribution < -0.4 is 4.90 Å². The third-order valence-electron chi connectivity index (χ3n) is 3.45. The number of aliphatic carboxylic acids is 1. The van der Waals surface area contributed by atoms with Crippen LogP contribution in [0.1, 0.15) is 30.7 Å². The van der Waals surface area contributed by atoms with E-state index < -0.39 is 5.97 Å². The van der Waals surface area contributed by atoms with E-state index >= 15 is 0 Å². The number of halogens is 1. The number of benzene rings is 1. The first kappa shape index (κ1) is 12.9. The molecule has 0 saturated heterocycles. The van der Waals surface area contributed by atoms with Gasteiger partial charge in [0.25, 0.3) is 0 Å². The summed E-state index contributed by atoms with van der Waals surface area (Å²) in [7, 11) is 3.57. The number of carboxylic acids is 1. The molecule has 1 aromatic carbocycles. The van der Waals surface area contributed by atoms with Gasteiger partial charge in [0.2, 0.25) is 0 Å². The lowest BCUT2D eigenvalue weighted by Gasteiger charge is -2.23. The lowest BCUT2D eigenvalue weighted by atomic mass is 9.89. The van der Waals surface area contributed by atoms with E-state index in [1.165, 1.54) is 6.07 Å². The van der Waals surface area contributed by atoms with Crippen LogP contribution in [0, 0.1) is 11.7 Å². The molecule has 1 atom stereocenters. The maximum Gasteiger partial charge on any atom is 0.303 e. The van der Waals surface area contributed by atoms with Crippen LogP contribution in [-0.2, 0) is 4.79 Å². The highest BCUT2D eigenvalue weighted by molar-refractivity contribution is 5.69. The van der Waals surface area contributed by atoms with Gasteiger partial charge in [0.05, 0.1) is 12.1 Å². The summed E-state index contributed by atoms with van der Waals surface area (Å²) < 4.78 is 13.9. The number of carbonyl (C=O) groups is 1. The number of hydrogen-bond donors (Lipinski definition) is 1. The standard InChI is InChI=1S/C14H18FNO2/c1-16(2)14-10(4-3-5-12(14)15)11(8-13(17)18)9-6-7-9/h3-5,9,11H,6-8H2,1-2H3,(H,17,18). The van der Waals surface area contributed by atoms with E-state index in [9.17, 15) is 9.18 Å². The molecule has 0 spiro atoms. The van der Waals surface area contributed by atoms with E-state index in [2.05, 4.69) is 0 Å². The highest BCUT2D eigenvalue weighted by atomic mass is 19.1. The minimum Gasteiger partial charge on any atom is -0.481 e. The molecule has 1 aliphatic carbocycles. The molecule has 1 aromatic rings. The zero-order chi connectivity index (χ0) is 13.3. The molecule has 2 rings (SSSR count). The predicted octanol–water partition coefficient (Wildman–Crippen LogP) is 2.86. The van der Waals surface area contributed by atoms with Gasteiger partial charge in [0.1, 0.15) is 5.82 Å². The molecule has 1 unspecified atom stereocenters. The van der Waals surface area contributed by atoms with Gasteiger partial charge in [-0.15, -0.1) is 0 Å². The van der Waals surface area contributed by atoms with Crippen LogP contribution in [0.5, 0.6) is 0 Å². The Kier molecular flexibility index (Phi) is 3.55. The van der Waals surface area contributed by atoms with Crippen LogP contribution in [0.15, 0.2) is 18.2 Å². The Balaban J connectivity index is 2.40. The minimum absolute atomic E-state index is 0.0735. The Morgan fingerprint density at radius 1 is 1.50 bits per heavy atom. The molecule has 0 aromatic heterocycles. The summed E-state index contributed by atoms with van der Waals surface area (Å²) in [5.41, 5.74) is 1.35. The fraction of sp³-hybridized carbons (Fsp3) is 0.500. The van der Waals surface area contributed by atoms with Crippen molar-refractivity contribution in [1.82, 2.24) is 0 Å². The molecule has 18 heavy (non-hydrogen) atoms. The van der Waals surface area contributed by atoms with Gasteiger partial charge in [-0.3, -0.25) is 4.79 Å². The van der Waals surface area contributed by atoms with Gasteiger partial charge < -0.3 is 10.0 Å². The molecule has 98 valence electrons. The first-order valence-electron chi connectivity index (χ1n) is 6.18. The van der Waals surface area contributed by atoms with Gasteiger partial charge in [-0.1, -0.05) is 12.1 Å². The molecule has 1 aliphatic rings. The van der Waals surface area contributed by atoms with E-state index in [0.717, 1.165) is 18.4 Å². The van der Waals surface area contributed by atoms with Gasteiger partial charge in [0.15, 0.2) is 0 Å². The van der Waals surface area contributed by atoms with E-state index in [4.69, 9.17) is 5.11 Å². The second kappa shape index (κ2) is 4.96. The maximum atomic E-state index is 13.9. The van der Waals surface area contributed by atoms with E-state index in [1.54, 1.807) is 25.1 Å². The van der Waals surface area contributed by atoms with Gasteiger partial charge in [-0.2, -0.15) is 0 Å². The van der Waals surface area contributed by atoms with Gasteiger partial charge in [-0.05, 0) is 36.3 Å². The van der Waals surface area contributed by atoms with Gasteiger partial charge in [0, 0.05) is 14.1 Å². The number of nitrogens with zero attached hydrogens (tertiary/aromatic N) is 1. The van der Waals surface area contributed by atoms with Crippen LogP contribution in [0.4, 0.5) is 10.1 Å². The Hall–Kier alpha value is -1.58. The third-order valence-corrected chi connectivity index (χ3v) is 3.45. The van der Waals surface area contributed by atoms with Crippen LogP contribution >= 0.6 is 0 Å².